The Hall–Kier alpha value is -0.480. The molecule has 0 saturated carbocycles. The fourth-order valence-electron chi connectivity index (χ4n) is 1.15. The molecular weight excluding hydrogens is 188 g/mol. The van der Waals surface area contributed by atoms with Crippen molar-refractivity contribution >= 4 is 17.7 Å². The number of hydrogen-bond acceptors (Lipinski definition) is 3. The SMILES string of the molecule is C=C(CSCC1CCCO1)C(=O)O. The predicted molar refractivity (Wildman–Crippen MR) is 53.1 cm³/mol. The molecule has 1 unspecified atom stereocenters. The van der Waals surface area contributed by atoms with Crippen molar-refractivity contribution < 1.29 is 14.6 Å². The van der Waals surface area contributed by atoms with Crippen molar-refractivity contribution in [3.8, 4) is 0 Å². The average Bonchev–Trinajstić information content (AvgIpc) is 2.56. The van der Waals surface area contributed by atoms with Gasteiger partial charge in [-0.15, -0.1) is 0 Å². The van der Waals surface area contributed by atoms with Crippen LogP contribution in [0.1, 0.15) is 12.8 Å². The quantitative estimate of drug-likeness (QED) is 0.687. The third-order valence-electron chi connectivity index (χ3n) is 1.91. The molecule has 1 fully saturated rings. The van der Waals surface area contributed by atoms with Crippen LogP contribution >= 0.6 is 11.8 Å². The Morgan fingerprint density at radius 2 is 2.46 bits per heavy atom. The highest BCUT2D eigenvalue weighted by molar-refractivity contribution is 7.99. The van der Waals surface area contributed by atoms with Gasteiger partial charge in [-0.05, 0) is 12.8 Å². The van der Waals surface area contributed by atoms with E-state index in [9.17, 15) is 4.79 Å². The van der Waals surface area contributed by atoms with Crippen molar-refractivity contribution in [2.75, 3.05) is 18.1 Å². The zero-order valence-corrected chi connectivity index (χ0v) is 8.31. The second kappa shape index (κ2) is 5.29. The summed E-state index contributed by atoms with van der Waals surface area (Å²) < 4.78 is 5.40. The molecule has 1 saturated heterocycles. The first-order valence-electron chi connectivity index (χ1n) is 4.30. The van der Waals surface area contributed by atoms with E-state index < -0.39 is 5.97 Å². The van der Waals surface area contributed by atoms with Gasteiger partial charge in [-0.3, -0.25) is 0 Å². The van der Waals surface area contributed by atoms with E-state index in [2.05, 4.69) is 6.58 Å². The molecule has 1 aliphatic heterocycles. The summed E-state index contributed by atoms with van der Waals surface area (Å²) in [6, 6.07) is 0. The van der Waals surface area contributed by atoms with E-state index >= 15 is 0 Å². The van der Waals surface area contributed by atoms with Gasteiger partial charge in [0.2, 0.25) is 0 Å². The van der Waals surface area contributed by atoms with Crippen LogP contribution in [0.4, 0.5) is 0 Å². The normalized spacial score (nSPS) is 21.7. The molecule has 1 atom stereocenters. The minimum atomic E-state index is -0.903. The first-order chi connectivity index (χ1) is 6.20. The van der Waals surface area contributed by atoms with Crippen molar-refractivity contribution in [2.45, 2.75) is 18.9 Å². The number of aliphatic carboxylic acids is 1. The summed E-state index contributed by atoms with van der Waals surface area (Å²) in [5, 5.41) is 8.53. The van der Waals surface area contributed by atoms with E-state index in [0.717, 1.165) is 25.2 Å². The standard InChI is InChI=1S/C9H14O3S/c1-7(9(10)11)5-13-6-8-3-2-4-12-8/h8H,1-6H2,(H,10,11). The van der Waals surface area contributed by atoms with Gasteiger partial charge in [-0.25, -0.2) is 4.79 Å². The van der Waals surface area contributed by atoms with Crippen LogP contribution in [0.15, 0.2) is 12.2 Å². The van der Waals surface area contributed by atoms with E-state index in [4.69, 9.17) is 9.84 Å². The molecule has 1 aliphatic rings. The zero-order chi connectivity index (χ0) is 9.68. The molecule has 0 spiro atoms. The van der Waals surface area contributed by atoms with Gasteiger partial charge in [0.05, 0.1) is 6.10 Å². The van der Waals surface area contributed by atoms with Gasteiger partial charge >= 0.3 is 5.97 Å². The monoisotopic (exact) mass is 202 g/mol. The van der Waals surface area contributed by atoms with E-state index in [1.54, 1.807) is 11.8 Å². The van der Waals surface area contributed by atoms with Crippen LogP contribution in [0.2, 0.25) is 0 Å². The lowest BCUT2D eigenvalue weighted by molar-refractivity contribution is -0.132. The van der Waals surface area contributed by atoms with Gasteiger partial charge in [0.15, 0.2) is 0 Å². The van der Waals surface area contributed by atoms with Gasteiger partial charge in [0.1, 0.15) is 0 Å². The highest BCUT2D eigenvalue weighted by Crippen LogP contribution is 2.18. The first-order valence-corrected chi connectivity index (χ1v) is 5.46. The number of thioether (sulfide) groups is 1. The lowest BCUT2D eigenvalue weighted by Crippen LogP contribution is -2.10. The maximum atomic E-state index is 10.4. The highest BCUT2D eigenvalue weighted by Gasteiger charge is 2.15. The maximum Gasteiger partial charge on any atom is 0.331 e. The molecule has 1 heterocycles. The molecule has 4 heteroatoms. The molecule has 74 valence electrons. The summed E-state index contributed by atoms with van der Waals surface area (Å²) in [5.41, 5.74) is 0.267. The fourth-order valence-corrected chi connectivity index (χ4v) is 2.16. The van der Waals surface area contributed by atoms with E-state index in [-0.39, 0.29) is 5.57 Å². The first kappa shape index (κ1) is 10.6. The summed E-state index contributed by atoms with van der Waals surface area (Å²) >= 11 is 1.58. The van der Waals surface area contributed by atoms with E-state index in [1.165, 1.54) is 0 Å². The number of rotatable bonds is 5. The van der Waals surface area contributed by atoms with Crippen molar-refractivity contribution in [3.05, 3.63) is 12.2 Å². The Morgan fingerprint density at radius 3 is 3.00 bits per heavy atom. The number of carbonyl (C=O) groups is 1. The van der Waals surface area contributed by atoms with Crippen LogP contribution in [0.3, 0.4) is 0 Å². The van der Waals surface area contributed by atoms with Crippen molar-refractivity contribution in [3.63, 3.8) is 0 Å². The molecule has 0 aromatic rings. The summed E-state index contributed by atoms with van der Waals surface area (Å²) in [7, 11) is 0. The average molecular weight is 202 g/mol. The van der Waals surface area contributed by atoms with Crippen LogP contribution in [-0.4, -0.2) is 35.3 Å². The number of carboxylic acid groups (broad SMARTS) is 1. The van der Waals surface area contributed by atoms with Gasteiger partial charge < -0.3 is 9.84 Å². The van der Waals surface area contributed by atoms with Crippen molar-refractivity contribution in [1.29, 1.82) is 0 Å². The molecule has 0 radical (unpaired) electrons. The molecule has 0 amide bonds. The third-order valence-corrected chi connectivity index (χ3v) is 3.07. The van der Waals surface area contributed by atoms with E-state index in [0.29, 0.717) is 11.9 Å². The van der Waals surface area contributed by atoms with Crippen LogP contribution in [-0.2, 0) is 9.53 Å². The molecule has 0 bridgehead atoms. The van der Waals surface area contributed by atoms with Crippen molar-refractivity contribution in [2.24, 2.45) is 0 Å². The molecule has 3 nitrogen and oxygen atoms in total. The minimum Gasteiger partial charge on any atom is -0.478 e. The van der Waals surface area contributed by atoms with Crippen LogP contribution in [0.5, 0.6) is 0 Å². The topological polar surface area (TPSA) is 46.5 Å². The van der Waals surface area contributed by atoms with E-state index in [1.807, 2.05) is 0 Å². The molecule has 0 aliphatic carbocycles. The van der Waals surface area contributed by atoms with Gasteiger partial charge in [-0.2, -0.15) is 11.8 Å². The summed E-state index contributed by atoms with van der Waals surface area (Å²) in [6.07, 6.45) is 2.56. The Kier molecular flexibility index (Phi) is 4.32. The Morgan fingerprint density at radius 1 is 1.69 bits per heavy atom. The lowest BCUT2D eigenvalue weighted by Gasteiger charge is -2.07. The van der Waals surface area contributed by atoms with Crippen LogP contribution < -0.4 is 0 Å². The second-order valence-electron chi connectivity index (χ2n) is 3.06. The minimum absolute atomic E-state index is 0.267. The van der Waals surface area contributed by atoms with Crippen molar-refractivity contribution in [1.82, 2.24) is 0 Å². The molecule has 0 aromatic carbocycles. The predicted octanol–water partition coefficient (Wildman–Crippen LogP) is 1.54. The van der Waals surface area contributed by atoms with Crippen LogP contribution in [0.25, 0.3) is 0 Å². The Bertz CT molecular complexity index is 197. The highest BCUT2D eigenvalue weighted by atomic mass is 32.2. The summed E-state index contributed by atoms with van der Waals surface area (Å²) in [4.78, 5) is 10.4. The Balaban J connectivity index is 2.06. The number of carboxylic acids is 1. The van der Waals surface area contributed by atoms with Gasteiger partial charge in [0, 0.05) is 23.7 Å². The molecule has 13 heavy (non-hydrogen) atoms. The van der Waals surface area contributed by atoms with Gasteiger partial charge in [-0.1, -0.05) is 6.58 Å². The largest absolute Gasteiger partial charge is 0.478 e. The lowest BCUT2D eigenvalue weighted by atomic mass is 10.3. The molecule has 1 rings (SSSR count). The Labute approximate surface area is 82.2 Å². The fraction of sp³-hybridized carbons (Fsp3) is 0.667. The second-order valence-corrected chi connectivity index (χ2v) is 4.09. The third kappa shape index (κ3) is 3.83. The maximum absolute atomic E-state index is 10.4. The molecular formula is C9H14O3S. The number of hydrogen-bond donors (Lipinski definition) is 1. The number of ether oxygens (including phenoxy) is 1. The smallest absolute Gasteiger partial charge is 0.331 e. The van der Waals surface area contributed by atoms with Gasteiger partial charge in [0.25, 0.3) is 0 Å². The molecule has 0 aromatic heterocycles. The zero-order valence-electron chi connectivity index (χ0n) is 7.49. The van der Waals surface area contributed by atoms with Crippen LogP contribution in [0, 0.1) is 0 Å². The summed E-state index contributed by atoms with van der Waals surface area (Å²) in [5.74, 6) is 0.474. The molecule has 1 N–H and O–H groups in total. The summed E-state index contributed by atoms with van der Waals surface area (Å²) in [6.45, 7) is 4.31.